The van der Waals surface area contributed by atoms with Gasteiger partial charge in [0.2, 0.25) is 0 Å². The van der Waals surface area contributed by atoms with Gasteiger partial charge in [0.15, 0.2) is 5.96 Å². The topological polar surface area (TPSA) is 69.2 Å². The average molecular weight is 497 g/mol. The molecule has 0 aromatic heterocycles. The van der Waals surface area contributed by atoms with Gasteiger partial charge in [-0.25, -0.2) is 4.79 Å². The van der Waals surface area contributed by atoms with Gasteiger partial charge in [-0.1, -0.05) is 0 Å². The molecule has 1 aliphatic rings. The number of guanidine groups is 1. The van der Waals surface area contributed by atoms with Crippen LogP contribution in [-0.4, -0.2) is 79.3 Å². The number of piperidine rings is 1. The zero-order valence-electron chi connectivity index (χ0n) is 18.0. The first-order valence-electron chi connectivity index (χ1n) is 10.1. The molecule has 1 amide bonds. The number of nitrogens with zero attached hydrogens (tertiary/aromatic N) is 3. The summed E-state index contributed by atoms with van der Waals surface area (Å²) in [6, 6.07) is 1.38. The minimum absolute atomic E-state index is 0. The Bertz CT molecular complexity index is 430. The smallest absolute Gasteiger partial charge is 0.409 e. The van der Waals surface area contributed by atoms with Crippen LogP contribution in [0.5, 0.6) is 0 Å². The Hall–Kier alpha value is -0.770. The third kappa shape index (κ3) is 9.82. The lowest BCUT2D eigenvalue weighted by molar-refractivity contribution is 0.0963. The summed E-state index contributed by atoms with van der Waals surface area (Å²) in [6.07, 6.45) is 1.62. The number of hydrogen-bond acceptors (Lipinski definition) is 4. The van der Waals surface area contributed by atoms with Gasteiger partial charge in [-0.3, -0.25) is 9.89 Å². The van der Waals surface area contributed by atoms with Crippen LogP contribution in [0.15, 0.2) is 4.99 Å². The number of hydrogen-bond donors (Lipinski definition) is 2. The summed E-state index contributed by atoms with van der Waals surface area (Å²) in [6.45, 7) is 17.3. The summed E-state index contributed by atoms with van der Waals surface area (Å²) in [5, 5.41) is 6.85. The van der Waals surface area contributed by atoms with Gasteiger partial charge < -0.3 is 20.3 Å². The predicted molar refractivity (Wildman–Crippen MR) is 123 cm³/mol. The van der Waals surface area contributed by atoms with Crippen LogP contribution >= 0.6 is 24.0 Å². The molecule has 0 bridgehead atoms. The Morgan fingerprint density at radius 1 is 1.19 bits per heavy atom. The van der Waals surface area contributed by atoms with Crippen LogP contribution in [0.1, 0.15) is 54.4 Å². The molecule has 160 valence electrons. The predicted octanol–water partition coefficient (Wildman–Crippen LogP) is 2.90. The molecule has 1 heterocycles. The van der Waals surface area contributed by atoms with Crippen molar-refractivity contribution in [1.82, 2.24) is 20.4 Å². The maximum Gasteiger partial charge on any atom is 0.409 e. The van der Waals surface area contributed by atoms with Gasteiger partial charge in [-0.05, 0) is 54.4 Å². The van der Waals surface area contributed by atoms with E-state index in [4.69, 9.17) is 9.73 Å². The summed E-state index contributed by atoms with van der Waals surface area (Å²) in [5.41, 5.74) is 0. The third-order valence-corrected chi connectivity index (χ3v) is 4.66. The van der Waals surface area contributed by atoms with Crippen molar-refractivity contribution in [2.45, 2.75) is 72.5 Å². The fourth-order valence-corrected chi connectivity index (χ4v) is 3.32. The average Bonchev–Trinajstić information content (AvgIpc) is 2.59. The first kappa shape index (κ1) is 26.2. The number of ether oxygens (including phenoxy) is 1. The van der Waals surface area contributed by atoms with Gasteiger partial charge in [0.1, 0.15) is 0 Å². The Balaban J connectivity index is 0.00000676. The van der Waals surface area contributed by atoms with E-state index in [9.17, 15) is 4.79 Å². The number of likely N-dealkylation sites (tertiary alicyclic amines) is 1. The van der Waals surface area contributed by atoms with E-state index in [2.05, 4.69) is 50.2 Å². The molecule has 0 atom stereocenters. The fraction of sp³-hybridized carbons (Fsp3) is 0.895. The molecule has 7 nitrogen and oxygen atoms in total. The van der Waals surface area contributed by atoms with E-state index in [0.717, 1.165) is 51.5 Å². The van der Waals surface area contributed by atoms with Crippen molar-refractivity contribution in [3.63, 3.8) is 0 Å². The molecule has 0 aliphatic carbocycles. The number of rotatable bonds is 8. The SMILES string of the molecule is CCNC(=NCCN(C(C)C)C(C)C)NC1CCN(C(=O)OCC)CC1.I. The van der Waals surface area contributed by atoms with Crippen molar-refractivity contribution in [1.29, 1.82) is 0 Å². The lowest BCUT2D eigenvalue weighted by atomic mass is 10.1. The molecule has 1 fully saturated rings. The highest BCUT2D eigenvalue weighted by Gasteiger charge is 2.24. The summed E-state index contributed by atoms with van der Waals surface area (Å²) >= 11 is 0. The highest BCUT2D eigenvalue weighted by atomic mass is 127. The lowest BCUT2D eigenvalue weighted by Gasteiger charge is -2.32. The first-order chi connectivity index (χ1) is 12.4. The van der Waals surface area contributed by atoms with Crippen molar-refractivity contribution in [2.75, 3.05) is 39.3 Å². The van der Waals surface area contributed by atoms with Crippen LogP contribution in [0.3, 0.4) is 0 Å². The van der Waals surface area contributed by atoms with Gasteiger partial charge in [-0.2, -0.15) is 0 Å². The molecule has 1 rings (SSSR count). The van der Waals surface area contributed by atoms with E-state index in [1.54, 1.807) is 4.90 Å². The Morgan fingerprint density at radius 3 is 2.26 bits per heavy atom. The number of carbonyl (C=O) groups is 1. The van der Waals surface area contributed by atoms with Crippen LogP contribution in [0.4, 0.5) is 4.79 Å². The van der Waals surface area contributed by atoms with E-state index < -0.39 is 0 Å². The Kier molecular flexibility index (Phi) is 13.9. The van der Waals surface area contributed by atoms with E-state index >= 15 is 0 Å². The van der Waals surface area contributed by atoms with Crippen molar-refractivity contribution in [3.8, 4) is 0 Å². The molecule has 1 aliphatic heterocycles. The first-order valence-corrected chi connectivity index (χ1v) is 10.1. The molecule has 0 saturated carbocycles. The van der Waals surface area contributed by atoms with Crippen LogP contribution in [0.25, 0.3) is 0 Å². The number of amides is 1. The lowest BCUT2D eigenvalue weighted by Crippen LogP contribution is -2.50. The van der Waals surface area contributed by atoms with Crippen LogP contribution in [-0.2, 0) is 4.74 Å². The largest absolute Gasteiger partial charge is 0.450 e. The summed E-state index contributed by atoms with van der Waals surface area (Å²) < 4.78 is 5.08. The zero-order chi connectivity index (χ0) is 19.5. The molecular formula is C19H40IN5O2. The monoisotopic (exact) mass is 497 g/mol. The quantitative estimate of drug-likeness (QED) is 0.307. The van der Waals surface area contributed by atoms with E-state index in [-0.39, 0.29) is 30.1 Å². The molecule has 8 heteroatoms. The van der Waals surface area contributed by atoms with Crippen LogP contribution < -0.4 is 10.6 Å². The maximum atomic E-state index is 11.8. The molecule has 0 aromatic carbocycles. The highest BCUT2D eigenvalue weighted by molar-refractivity contribution is 14.0. The van der Waals surface area contributed by atoms with E-state index in [1.807, 2.05) is 6.92 Å². The second-order valence-electron chi connectivity index (χ2n) is 7.29. The molecule has 0 radical (unpaired) electrons. The second-order valence-corrected chi connectivity index (χ2v) is 7.29. The van der Waals surface area contributed by atoms with Gasteiger partial charge in [0.25, 0.3) is 0 Å². The molecule has 0 spiro atoms. The van der Waals surface area contributed by atoms with E-state index in [0.29, 0.717) is 24.7 Å². The number of aliphatic imine (C=N–C) groups is 1. The normalized spacial score (nSPS) is 15.9. The molecular weight excluding hydrogens is 457 g/mol. The molecule has 0 aromatic rings. The van der Waals surface area contributed by atoms with Crippen LogP contribution in [0.2, 0.25) is 0 Å². The van der Waals surface area contributed by atoms with E-state index in [1.165, 1.54) is 0 Å². The van der Waals surface area contributed by atoms with Gasteiger partial charge in [0.05, 0.1) is 13.2 Å². The van der Waals surface area contributed by atoms with Crippen molar-refractivity contribution < 1.29 is 9.53 Å². The van der Waals surface area contributed by atoms with Crippen molar-refractivity contribution in [3.05, 3.63) is 0 Å². The molecule has 1 saturated heterocycles. The Morgan fingerprint density at radius 2 is 1.78 bits per heavy atom. The molecule has 0 unspecified atom stereocenters. The van der Waals surface area contributed by atoms with Gasteiger partial charge in [-0.15, -0.1) is 24.0 Å². The summed E-state index contributed by atoms with van der Waals surface area (Å²) in [4.78, 5) is 20.8. The molecule has 2 N–H and O–H groups in total. The number of carbonyl (C=O) groups excluding carboxylic acids is 1. The third-order valence-electron chi connectivity index (χ3n) is 4.66. The summed E-state index contributed by atoms with van der Waals surface area (Å²) in [5.74, 6) is 0.870. The molecule has 27 heavy (non-hydrogen) atoms. The van der Waals surface area contributed by atoms with Crippen LogP contribution in [0, 0.1) is 0 Å². The minimum atomic E-state index is -0.200. The number of nitrogens with one attached hydrogen (secondary N) is 2. The van der Waals surface area contributed by atoms with Crippen molar-refractivity contribution >= 4 is 36.0 Å². The standard InChI is InChI=1S/C19H39N5O2.HI/c1-7-20-18(21-11-14-24(15(3)4)16(5)6)22-17-9-12-23(13-10-17)19(25)26-8-2;/h15-17H,7-14H2,1-6H3,(H2,20,21,22);1H. The fourth-order valence-electron chi connectivity index (χ4n) is 3.32. The zero-order valence-corrected chi connectivity index (χ0v) is 20.3. The van der Waals surface area contributed by atoms with Gasteiger partial charge in [0, 0.05) is 44.3 Å². The second kappa shape index (κ2) is 14.3. The summed E-state index contributed by atoms with van der Waals surface area (Å²) in [7, 11) is 0. The minimum Gasteiger partial charge on any atom is -0.450 e. The van der Waals surface area contributed by atoms with Crippen molar-refractivity contribution in [2.24, 2.45) is 4.99 Å². The Labute approximate surface area is 182 Å². The van der Waals surface area contributed by atoms with Gasteiger partial charge >= 0.3 is 6.09 Å². The maximum absolute atomic E-state index is 11.8. The number of halogens is 1. The highest BCUT2D eigenvalue weighted by Crippen LogP contribution is 2.11.